The van der Waals surface area contributed by atoms with Gasteiger partial charge in [0.05, 0.1) is 19.3 Å². The monoisotopic (exact) mass is 395 g/mol. The first-order chi connectivity index (χ1) is 13.6. The Bertz CT molecular complexity index is 973. The van der Waals surface area contributed by atoms with E-state index in [2.05, 4.69) is 30.3 Å². The lowest BCUT2D eigenvalue weighted by atomic mass is 9.87. The number of likely N-dealkylation sites (tertiary alicyclic amines) is 1. The van der Waals surface area contributed by atoms with Crippen LogP contribution >= 0.6 is 11.6 Å². The Kier molecular flexibility index (Phi) is 5.51. The summed E-state index contributed by atoms with van der Waals surface area (Å²) in [6.45, 7) is 1.34. The molecule has 1 amide bonds. The maximum Gasteiger partial charge on any atom is 0.407 e. The summed E-state index contributed by atoms with van der Waals surface area (Å²) in [6.07, 6.45) is -0.359. The van der Waals surface area contributed by atoms with E-state index in [4.69, 9.17) is 16.3 Å². The maximum absolute atomic E-state index is 11.5. The highest BCUT2D eigenvalue weighted by atomic mass is 35.5. The van der Waals surface area contributed by atoms with Gasteiger partial charge in [-0.1, -0.05) is 60.1 Å². The molecule has 1 N–H and O–H groups in total. The van der Waals surface area contributed by atoms with E-state index in [1.165, 1.54) is 15.7 Å². The van der Waals surface area contributed by atoms with E-state index >= 15 is 0 Å². The molecule has 0 aromatic heterocycles. The summed E-state index contributed by atoms with van der Waals surface area (Å²) in [6, 6.07) is 22.3. The van der Waals surface area contributed by atoms with Crippen molar-refractivity contribution in [3.8, 4) is 0 Å². The summed E-state index contributed by atoms with van der Waals surface area (Å²) >= 11 is 6.02. The zero-order valence-electron chi connectivity index (χ0n) is 15.4. The van der Waals surface area contributed by atoms with Crippen molar-refractivity contribution in [2.24, 2.45) is 0 Å². The van der Waals surface area contributed by atoms with Crippen molar-refractivity contribution < 1.29 is 14.6 Å². The molecule has 144 valence electrons. The first kappa shape index (κ1) is 18.8. The molecule has 4 nitrogen and oxygen atoms in total. The van der Waals surface area contributed by atoms with Gasteiger partial charge in [-0.3, -0.25) is 0 Å². The molecule has 1 aliphatic rings. The Morgan fingerprint density at radius 1 is 1.07 bits per heavy atom. The average molecular weight is 396 g/mol. The fraction of sp³-hybridized carbons (Fsp3) is 0.261. The van der Waals surface area contributed by atoms with Crippen LogP contribution in [0.5, 0.6) is 0 Å². The molecule has 0 radical (unpaired) electrons. The fourth-order valence-corrected chi connectivity index (χ4v) is 4.01. The van der Waals surface area contributed by atoms with E-state index in [0.717, 1.165) is 17.5 Å². The number of hydrogen-bond acceptors (Lipinski definition) is 2. The van der Waals surface area contributed by atoms with Crippen LogP contribution in [-0.4, -0.2) is 35.3 Å². The highest BCUT2D eigenvalue weighted by Crippen LogP contribution is 2.32. The van der Waals surface area contributed by atoms with Crippen LogP contribution in [0.4, 0.5) is 4.79 Å². The highest BCUT2D eigenvalue weighted by Gasteiger charge is 2.33. The molecule has 4 rings (SSSR count). The molecule has 5 heteroatoms. The summed E-state index contributed by atoms with van der Waals surface area (Å²) in [7, 11) is 0. The second-order valence-electron chi connectivity index (χ2n) is 7.21. The Hall–Kier alpha value is -2.56. The second kappa shape index (κ2) is 8.21. The zero-order chi connectivity index (χ0) is 19.5. The zero-order valence-corrected chi connectivity index (χ0v) is 16.2. The topological polar surface area (TPSA) is 49.8 Å². The van der Waals surface area contributed by atoms with Gasteiger partial charge in [0.2, 0.25) is 0 Å². The molecule has 3 aromatic rings. The summed E-state index contributed by atoms with van der Waals surface area (Å²) < 4.78 is 6.26. The largest absolute Gasteiger partial charge is 0.465 e. The van der Waals surface area contributed by atoms with Crippen LogP contribution in [0.25, 0.3) is 10.8 Å². The van der Waals surface area contributed by atoms with Gasteiger partial charge in [-0.05, 0) is 46.5 Å². The van der Waals surface area contributed by atoms with Crippen LogP contribution in [0.3, 0.4) is 0 Å². The lowest BCUT2D eigenvalue weighted by molar-refractivity contribution is -0.0199. The third-order valence-electron chi connectivity index (χ3n) is 5.41. The quantitative estimate of drug-likeness (QED) is 0.630. The van der Waals surface area contributed by atoms with Gasteiger partial charge in [0.1, 0.15) is 0 Å². The number of carbonyl (C=O) groups is 1. The first-order valence-electron chi connectivity index (χ1n) is 9.43. The third kappa shape index (κ3) is 4.13. The normalized spacial score (nSPS) is 19.7. The smallest absolute Gasteiger partial charge is 0.407 e. The number of piperidine rings is 1. The van der Waals surface area contributed by atoms with Crippen LogP contribution in [0.15, 0.2) is 66.7 Å². The number of ether oxygens (including phenoxy) is 1. The van der Waals surface area contributed by atoms with Gasteiger partial charge < -0.3 is 14.7 Å². The number of fused-ring (bicyclic) bond motifs is 1. The molecular formula is C23H22ClNO3. The van der Waals surface area contributed by atoms with Crippen LogP contribution in [-0.2, 0) is 11.3 Å². The molecule has 1 fully saturated rings. The number of rotatable bonds is 4. The Morgan fingerprint density at radius 3 is 2.57 bits per heavy atom. The second-order valence-corrected chi connectivity index (χ2v) is 7.64. The number of halogens is 1. The van der Waals surface area contributed by atoms with Crippen LogP contribution < -0.4 is 0 Å². The first-order valence-corrected chi connectivity index (χ1v) is 9.80. The fourth-order valence-electron chi connectivity index (χ4n) is 3.88. The SMILES string of the molecule is O=C(O)N1CCC(c2ccc(Cl)cc2)C(OCc2ccc3ccccc3c2)C1. The number of amides is 1. The molecule has 0 saturated carbocycles. The lowest BCUT2D eigenvalue weighted by Gasteiger charge is -2.37. The molecule has 3 aromatic carbocycles. The summed E-state index contributed by atoms with van der Waals surface area (Å²) in [5, 5.41) is 12.5. The minimum absolute atomic E-state index is 0.147. The molecule has 2 unspecified atom stereocenters. The molecule has 28 heavy (non-hydrogen) atoms. The van der Waals surface area contributed by atoms with E-state index in [1.54, 1.807) is 0 Å². The lowest BCUT2D eigenvalue weighted by Crippen LogP contribution is -2.46. The van der Waals surface area contributed by atoms with Crippen molar-refractivity contribution in [2.45, 2.75) is 25.0 Å². The van der Waals surface area contributed by atoms with Crippen LogP contribution in [0, 0.1) is 0 Å². The van der Waals surface area contributed by atoms with E-state index in [9.17, 15) is 9.90 Å². The maximum atomic E-state index is 11.5. The minimum Gasteiger partial charge on any atom is -0.465 e. The summed E-state index contributed by atoms with van der Waals surface area (Å²) in [5.41, 5.74) is 2.22. The predicted octanol–water partition coefficient (Wildman–Crippen LogP) is 5.55. The van der Waals surface area contributed by atoms with Gasteiger partial charge in [-0.2, -0.15) is 0 Å². The summed E-state index contributed by atoms with van der Waals surface area (Å²) in [5.74, 6) is 0.147. The van der Waals surface area contributed by atoms with Crippen molar-refractivity contribution in [1.82, 2.24) is 4.90 Å². The van der Waals surface area contributed by atoms with E-state index in [-0.39, 0.29) is 12.0 Å². The standard InChI is InChI=1S/C23H22ClNO3/c24-20-9-7-18(8-10-20)21-11-12-25(23(26)27)14-22(21)28-15-16-5-6-17-3-1-2-4-19(17)13-16/h1-10,13,21-22H,11-12,14-15H2,(H,26,27). The molecule has 0 spiro atoms. The molecular weight excluding hydrogens is 374 g/mol. The number of benzene rings is 3. The summed E-state index contributed by atoms with van der Waals surface area (Å²) in [4.78, 5) is 12.9. The van der Waals surface area contributed by atoms with Gasteiger partial charge in [-0.15, -0.1) is 0 Å². The van der Waals surface area contributed by atoms with Crippen LogP contribution in [0.1, 0.15) is 23.5 Å². The Balaban J connectivity index is 1.53. The Labute approximate surface area is 169 Å². The molecule has 0 bridgehead atoms. The third-order valence-corrected chi connectivity index (χ3v) is 5.66. The van der Waals surface area contributed by atoms with Crippen LogP contribution in [0.2, 0.25) is 5.02 Å². The molecule has 0 aliphatic carbocycles. The van der Waals surface area contributed by atoms with Crippen molar-refractivity contribution in [2.75, 3.05) is 13.1 Å². The number of nitrogens with zero attached hydrogens (tertiary/aromatic N) is 1. The predicted molar refractivity (Wildman–Crippen MR) is 111 cm³/mol. The van der Waals surface area contributed by atoms with E-state index in [1.807, 2.05) is 36.4 Å². The van der Waals surface area contributed by atoms with Crippen molar-refractivity contribution in [3.63, 3.8) is 0 Å². The number of hydrogen-bond donors (Lipinski definition) is 1. The van der Waals surface area contributed by atoms with Gasteiger partial charge in [0.25, 0.3) is 0 Å². The van der Waals surface area contributed by atoms with Gasteiger partial charge >= 0.3 is 6.09 Å². The van der Waals surface area contributed by atoms with Gasteiger partial charge in [0, 0.05) is 17.5 Å². The van der Waals surface area contributed by atoms with Crippen molar-refractivity contribution in [3.05, 3.63) is 82.9 Å². The molecule has 1 heterocycles. The van der Waals surface area contributed by atoms with Crippen molar-refractivity contribution >= 4 is 28.5 Å². The molecule has 2 atom stereocenters. The van der Waals surface area contributed by atoms with Gasteiger partial charge in [0.15, 0.2) is 0 Å². The highest BCUT2D eigenvalue weighted by molar-refractivity contribution is 6.30. The Morgan fingerprint density at radius 2 is 1.82 bits per heavy atom. The number of carboxylic acid groups (broad SMARTS) is 1. The minimum atomic E-state index is -0.895. The molecule has 1 saturated heterocycles. The van der Waals surface area contributed by atoms with Gasteiger partial charge in [-0.25, -0.2) is 4.79 Å². The van der Waals surface area contributed by atoms with E-state index in [0.29, 0.717) is 24.7 Å². The van der Waals surface area contributed by atoms with E-state index < -0.39 is 6.09 Å². The van der Waals surface area contributed by atoms with Crippen molar-refractivity contribution in [1.29, 1.82) is 0 Å². The average Bonchev–Trinajstić information content (AvgIpc) is 2.72. The molecule has 1 aliphatic heterocycles.